The van der Waals surface area contributed by atoms with Crippen LogP contribution in [0.25, 0.3) is 0 Å². The van der Waals surface area contributed by atoms with Crippen molar-refractivity contribution in [1.29, 1.82) is 0 Å². The van der Waals surface area contributed by atoms with E-state index in [0.29, 0.717) is 25.4 Å². The van der Waals surface area contributed by atoms with Gasteiger partial charge < -0.3 is 19.5 Å². The molecule has 3 rings (SSSR count). The molecular formula is C27H33N3O3. The van der Waals surface area contributed by atoms with E-state index in [0.717, 1.165) is 22.4 Å². The maximum atomic E-state index is 13.4. The van der Waals surface area contributed by atoms with Crippen LogP contribution >= 0.6 is 0 Å². The molecule has 1 N–H and O–H groups in total. The molecule has 6 nitrogen and oxygen atoms in total. The van der Waals surface area contributed by atoms with E-state index in [2.05, 4.69) is 5.32 Å². The number of aryl methyl sites for hydroxylation is 2. The number of urea groups is 1. The number of hydrogen-bond acceptors (Lipinski definition) is 3. The molecule has 3 amide bonds. The quantitative estimate of drug-likeness (QED) is 0.463. The van der Waals surface area contributed by atoms with Crippen LogP contribution in [0.15, 0.2) is 71.3 Å². The van der Waals surface area contributed by atoms with Crippen LogP contribution in [-0.4, -0.2) is 34.8 Å². The summed E-state index contributed by atoms with van der Waals surface area (Å²) in [5, 5.41) is 3.02. The van der Waals surface area contributed by atoms with E-state index in [1.165, 1.54) is 0 Å². The van der Waals surface area contributed by atoms with Crippen molar-refractivity contribution in [3.05, 3.63) is 89.4 Å². The van der Waals surface area contributed by atoms with Crippen LogP contribution in [0.5, 0.6) is 0 Å². The molecule has 0 saturated heterocycles. The van der Waals surface area contributed by atoms with Crippen molar-refractivity contribution in [3.63, 3.8) is 0 Å². The predicted octanol–water partition coefficient (Wildman–Crippen LogP) is 5.62. The van der Waals surface area contributed by atoms with Crippen LogP contribution in [0.3, 0.4) is 0 Å². The molecule has 1 heterocycles. The number of nitrogens with zero attached hydrogens (tertiary/aromatic N) is 2. The molecule has 0 spiro atoms. The second-order valence-corrected chi connectivity index (χ2v) is 8.79. The summed E-state index contributed by atoms with van der Waals surface area (Å²) in [5.41, 5.74) is 3.79. The summed E-state index contributed by atoms with van der Waals surface area (Å²) in [6.45, 7) is 9.24. The molecule has 2 aromatic carbocycles. The molecule has 0 bridgehead atoms. The minimum Gasteiger partial charge on any atom is -0.467 e. The fourth-order valence-corrected chi connectivity index (χ4v) is 3.75. The topological polar surface area (TPSA) is 65.8 Å². The molecule has 0 aliphatic rings. The highest BCUT2D eigenvalue weighted by Crippen LogP contribution is 2.20. The Labute approximate surface area is 196 Å². The first-order valence-corrected chi connectivity index (χ1v) is 11.3. The van der Waals surface area contributed by atoms with Gasteiger partial charge in [-0.1, -0.05) is 62.4 Å². The van der Waals surface area contributed by atoms with Gasteiger partial charge in [-0.05, 0) is 48.6 Å². The second kappa shape index (κ2) is 11.4. The van der Waals surface area contributed by atoms with Crippen molar-refractivity contribution in [1.82, 2.24) is 9.80 Å². The van der Waals surface area contributed by atoms with Crippen LogP contribution in [0.4, 0.5) is 10.5 Å². The third-order valence-electron chi connectivity index (χ3n) is 5.41. The molecule has 0 aliphatic heterocycles. The SMILES string of the molecule is Cc1cccc(C)c1NC(=O)N(CC(=O)N(Cc1ccccc1)Cc1ccco1)CC(C)C. The van der Waals surface area contributed by atoms with E-state index in [1.54, 1.807) is 16.1 Å². The van der Waals surface area contributed by atoms with Gasteiger partial charge >= 0.3 is 6.03 Å². The molecule has 0 atom stereocenters. The minimum absolute atomic E-state index is 0.0114. The van der Waals surface area contributed by atoms with Gasteiger partial charge in [0.05, 0.1) is 12.8 Å². The molecule has 3 aromatic rings. The zero-order valence-electron chi connectivity index (χ0n) is 19.9. The normalized spacial score (nSPS) is 10.8. The number of furan rings is 1. The van der Waals surface area contributed by atoms with E-state index < -0.39 is 0 Å². The number of carbonyl (C=O) groups is 2. The Hall–Kier alpha value is -3.54. The predicted molar refractivity (Wildman–Crippen MR) is 131 cm³/mol. The van der Waals surface area contributed by atoms with E-state index in [-0.39, 0.29) is 24.4 Å². The monoisotopic (exact) mass is 447 g/mol. The number of para-hydroxylation sites is 1. The lowest BCUT2D eigenvalue weighted by Crippen LogP contribution is -2.45. The van der Waals surface area contributed by atoms with Gasteiger partial charge in [0.2, 0.25) is 5.91 Å². The van der Waals surface area contributed by atoms with Crippen LogP contribution in [-0.2, 0) is 17.9 Å². The molecule has 0 saturated carbocycles. The number of amides is 3. The Morgan fingerprint density at radius 2 is 1.58 bits per heavy atom. The summed E-state index contributed by atoms with van der Waals surface area (Å²) < 4.78 is 5.49. The third kappa shape index (κ3) is 6.97. The first-order valence-electron chi connectivity index (χ1n) is 11.3. The van der Waals surface area contributed by atoms with E-state index in [1.807, 2.05) is 88.4 Å². The Bertz CT molecular complexity index is 1030. The zero-order chi connectivity index (χ0) is 23.8. The maximum Gasteiger partial charge on any atom is 0.322 e. The summed E-state index contributed by atoms with van der Waals surface area (Å²) in [4.78, 5) is 30.0. The molecule has 6 heteroatoms. The molecule has 1 aromatic heterocycles. The van der Waals surface area contributed by atoms with Gasteiger partial charge in [-0.25, -0.2) is 4.79 Å². The number of carbonyl (C=O) groups excluding carboxylic acids is 2. The summed E-state index contributed by atoms with van der Waals surface area (Å²) in [5.74, 6) is 0.788. The Morgan fingerprint density at radius 1 is 0.879 bits per heavy atom. The molecule has 0 aliphatic carbocycles. The fraction of sp³-hybridized carbons (Fsp3) is 0.333. The average Bonchev–Trinajstić information content (AvgIpc) is 3.29. The fourth-order valence-electron chi connectivity index (χ4n) is 3.75. The van der Waals surface area contributed by atoms with Crippen molar-refractivity contribution in [2.75, 3.05) is 18.4 Å². The summed E-state index contributed by atoms with van der Waals surface area (Å²) in [6, 6.07) is 19.1. The largest absolute Gasteiger partial charge is 0.467 e. The van der Waals surface area contributed by atoms with Gasteiger partial charge in [0.15, 0.2) is 0 Å². The number of benzene rings is 2. The van der Waals surface area contributed by atoms with E-state index in [4.69, 9.17) is 4.42 Å². The van der Waals surface area contributed by atoms with Crippen molar-refractivity contribution >= 4 is 17.6 Å². The number of anilines is 1. The van der Waals surface area contributed by atoms with Crippen LogP contribution < -0.4 is 5.32 Å². The minimum atomic E-state index is -0.271. The van der Waals surface area contributed by atoms with Crippen molar-refractivity contribution < 1.29 is 14.0 Å². The van der Waals surface area contributed by atoms with Crippen molar-refractivity contribution in [2.45, 2.75) is 40.8 Å². The van der Waals surface area contributed by atoms with Gasteiger partial charge in [-0.3, -0.25) is 4.79 Å². The summed E-state index contributed by atoms with van der Waals surface area (Å²) in [7, 11) is 0. The van der Waals surface area contributed by atoms with Crippen molar-refractivity contribution in [2.24, 2.45) is 5.92 Å². The van der Waals surface area contributed by atoms with Gasteiger partial charge in [0, 0.05) is 18.8 Å². The molecule has 0 radical (unpaired) electrons. The average molecular weight is 448 g/mol. The Balaban J connectivity index is 1.78. The lowest BCUT2D eigenvalue weighted by atomic mass is 10.1. The van der Waals surface area contributed by atoms with Gasteiger partial charge in [0.25, 0.3) is 0 Å². The van der Waals surface area contributed by atoms with Crippen molar-refractivity contribution in [3.8, 4) is 0 Å². The van der Waals surface area contributed by atoms with Gasteiger partial charge in [-0.15, -0.1) is 0 Å². The first-order chi connectivity index (χ1) is 15.8. The highest BCUT2D eigenvalue weighted by Gasteiger charge is 2.24. The second-order valence-electron chi connectivity index (χ2n) is 8.79. The molecule has 0 fully saturated rings. The first kappa shape index (κ1) is 24.1. The zero-order valence-corrected chi connectivity index (χ0v) is 19.9. The lowest BCUT2D eigenvalue weighted by Gasteiger charge is -2.29. The van der Waals surface area contributed by atoms with E-state index in [9.17, 15) is 9.59 Å². The molecule has 174 valence electrons. The molecular weight excluding hydrogens is 414 g/mol. The smallest absolute Gasteiger partial charge is 0.322 e. The maximum absolute atomic E-state index is 13.4. The standard InChI is InChI=1S/C27H33N3O3/c1-20(2)16-30(27(32)28-26-21(3)10-8-11-22(26)4)19-25(31)29(18-24-14-9-15-33-24)17-23-12-6-5-7-13-23/h5-15,20H,16-19H2,1-4H3,(H,28,32). The third-order valence-corrected chi connectivity index (χ3v) is 5.41. The highest BCUT2D eigenvalue weighted by atomic mass is 16.3. The van der Waals surface area contributed by atoms with Gasteiger partial charge in [0.1, 0.15) is 12.3 Å². The number of hydrogen-bond donors (Lipinski definition) is 1. The molecule has 33 heavy (non-hydrogen) atoms. The highest BCUT2D eigenvalue weighted by molar-refractivity contribution is 5.93. The lowest BCUT2D eigenvalue weighted by molar-refractivity contribution is -0.133. The molecule has 0 unspecified atom stereocenters. The summed E-state index contributed by atoms with van der Waals surface area (Å²) in [6.07, 6.45) is 1.60. The van der Waals surface area contributed by atoms with Gasteiger partial charge in [-0.2, -0.15) is 0 Å². The number of nitrogens with one attached hydrogen (secondary N) is 1. The van der Waals surface area contributed by atoms with Crippen LogP contribution in [0.1, 0.15) is 36.3 Å². The van der Waals surface area contributed by atoms with Crippen LogP contribution in [0, 0.1) is 19.8 Å². The Morgan fingerprint density at radius 3 is 2.18 bits per heavy atom. The number of rotatable bonds is 9. The Kier molecular flexibility index (Phi) is 8.30. The van der Waals surface area contributed by atoms with E-state index >= 15 is 0 Å². The summed E-state index contributed by atoms with van der Waals surface area (Å²) >= 11 is 0. The van der Waals surface area contributed by atoms with Crippen LogP contribution in [0.2, 0.25) is 0 Å².